The standard InChI is InChI=1S/C22H23N7O.2C22H25N7O.C21H23N7O/c1-14-9-16(27-8-7-23-22(13-27)5-6-22)12-28-20(30)10-18(25-21(14)28)17-3-4-19-24-15(2)11-29(19)26-17;1-13-7-17(27-9-14(2)23-15(3)10-27)12-28-21(30)8-19(25-22(13)28)18-5-6-20-24-16(4)11-29(20)26-18;1-14-9-16(27-8-7-23-22(3,4)13-27)12-28-20(30)10-18(25-21(14)28)17-5-6-19-24-15(2)11-29(19)26-17;1-3-15-12-26(9-8-22-15)16-4-6-19-24-18(10-21(29)27(19)13-16)17-5-7-20-23-14(2)11-28(20)25-17/h3-4,9-12,23H,5-8,13H2,1-2H3;5-8,11-12,14-15,23H,9-10H2,1-4H3;5-6,9-12,23H,7-8,13H2,1-4H3;4-7,10-11,13,15,22H,3,8-9,12H2,1-2H3/t;14-,15-;;15-/m.0.1/s1. The first-order valence-electron chi connectivity index (χ1n) is 40.8. The molecule has 0 bridgehead atoms. The van der Waals surface area contributed by atoms with Crippen LogP contribution in [0.1, 0.15) is 93.3 Å². The van der Waals surface area contributed by atoms with Crippen LogP contribution in [0, 0.1) is 48.5 Å². The molecule has 1 aliphatic carbocycles. The lowest BCUT2D eigenvalue weighted by atomic mass is 10.0. The summed E-state index contributed by atoms with van der Waals surface area (Å²) in [7, 11) is 0. The number of nitrogens with zero attached hydrogens (tertiary/aromatic N) is 24. The number of rotatable bonds is 9. The molecule has 0 aromatic carbocycles. The number of hydrogen-bond donors (Lipinski definition) is 4. The molecule has 3 atom stereocenters. The Morgan fingerprint density at radius 2 is 0.739 bits per heavy atom. The largest absolute Gasteiger partial charge is 0.368 e. The molecule has 5 fully saturated rings. The fourth-order valence-electron chi connectivity index (χ4n) is 16.8. The van der Waals surface area contributed by atoms with E-state index in [0.717, 1.165) is 163 Å². The molecule has 0 unspecified atom stereocenters. The van der Waals surface area contributed by atoms with Crippen molar-refractivity contribution in [3.63, 3.8) is 0 Å². The van der Waals surface area contributed by atoms with Gasteiger partial charge in [-0.2, -0.15) is 20.4 Å². The summed E-state index contributed by atoms with van der Waals surface area (Å²) in [6.45, 7) is 34.9. The van der Waals surface area contributed by atoms with E-state index in [-0.39, 0.29) is 33.3 Å². The fraction of sp³-hybridized carbons (Fsp3) is 0.356. The number of piperazine rings is 4. The van der Waals surface area contributed by atoms with E-state index in [9.17, 15) is 19.2 Å². The zero-order valence-corrected chi connectivity index (χ0v) is 68.9. The molecule has 1 spiro atoms. The summed E-state index contributed by atoms with van der Waals surface area (Å²) in [5.74, 6) is 0. The van der Waals surface area contributed by atoms with Crippen LogP contribution in [-0.2, 0) is 0 Å². The van der Waals surface area contributed by atoms with E-state index in [2.05, 4.69) is 139 Å². The predicted octanol–water partition coefficient (Wildman–Crippen LogP) is 8.28. The molecular weight excluding hydrogens is 1500 g/mol. The lowest BCUT2D eigenvalue weighted by molar-refractivity contribution is 0.353. The molecule has 32 nitrogen and oxygen atoms in total. The van der Waals surface area contributed by atoms with Gasteiger partial charge in [-0.05, 0) is 191 Å². The van der Waals surface area contributed by atoms with Crippen LogP contribution >= 0.6 is 0 Å². The highest BCUT2D eigenvalue weighted by Gasteiger charge is 2.46. The van der Waals surface area contributed by atoms with E-state index >= 15 is 0 Å². The van der Waals surface area contributed by atoms with Crippen LogP contribution in [-0.4, -0.2) is 197 Å². The Kier molecular flexibility index (Phi) is 20.0. The van der Waals surface area contributed by atoms with Gasteiger partial charge in [-0.25, -0.2) is 57.9 Å². The van der Waals surface area contributed by atoms with E-state index in [1.54, 1.807) is 59.9 Å². The number of aryl methyl sites for hydroxylation is 7. The van der Waals surface area contributed by atoms with Crippen molar-refractivity contribution in [2.24, 2.45) is 0 Å². The van der Waals surface area contributed by atoms with Gasteiger partial charge in [-0.3, -0.25) is 36.8 Å². The normalized spacial score (nSPS) is 17.8. The second kappa shape index (κ2) is 30.8. The monoisotopic (exact) mass is 1600 g/mol. The molecule has 4 aliphatic heterocycles. The fourth-order valence-corrected chi connectivity index (χ4v) is 16.8. The lowest BCUT2D eigenvalue weighted by Crippen LogP contribution is -2.57. The Morgan fingerprint density at radius 3 is 1.15 bits per heavy atom. The summed E-state index contributed by atoms with van der Waals surface area (Å²) < 4.78 is 13.4. The highest BCUT2D eigenvalue weighted by molar-refractivity contribution is 5.68. The molecule has 32 heteroatoms. The number of aromatic nitrogens is 20. The van der Waals surface area contributed by atoms with Gasteiger partial charge in [0, 0.05) is 150 Å². The minimum atomic E-state index is -0.113. The topological polar surface area (TPSA) is 319 Å². The van der Waals surface area contributed by atoms with E-state index in [1.165, 1.54) is 12.8 Å². The molecule has 4 saturated heterocycles. The number of nitrogens with one attached hydrogen (secondary N) is 4. The second-order valence-corrected chi connectivity index (χ2v) is 33.1. The third-order valence-electron chi connectivity index (χ3n) is 22.8. The van der Waals surface area contributed by atoms with Crippen molar-refractivity contribution in [1.82, 2.24) is 117 Å². The van der Waals surface area contributed by atoms with Crippen molar-refractivity contribution in [3.05, 3.63) is 234 Å². The van der Waals surface area contributed by atoms with Gasteiger partial charge in [0.25, 0.3) is 22.2 Å². The molecule has 21 rings (SSSR count). The highest BCUT2D eigenvalue weighted by Crippen LogP contribution is 2.39. The average Bonchev–Trinajstić information content (AvgIpc) is 1.75. The molecule has 16 aromatic rings. The molecule has 20 heterocycles. The predicted molar refractivity (Wildman–Crippen MR) is 462 cm³/mol. The minimum absolute atomic E-state index is 0.0319. The van der Waals surface area contributed by atoms with E-state index < -0.39 is 0 Å². The first-order valence-corrected chi connectivity index (χ1v) is 40.8. The lowest BCUT2D eigenvalue weighted by Gasteiger charge is -2.40. The number of pyridine rings is 4. The van der Waals surface area contributed by atoms with Crippen LogP contribution in [0.25, 0.3) is 90.7 Å². The van der Waals surface area contributed by atoms with Gasteiger partial charge in [0.1, 0.15) is 45.4 Å². The Balaban J connectivity index is 0.000000109. The number of hydrogen-bond acceptors (Lipinski definition) is 24. The van der Waals surface area contributed by atoms with Crippen LogP contribution in [0.2, 0.25) is 0 Å². The summed E-state index contributed by atoms with van der Waals surface area (Å²) in [4.78, 5) is 97.8. The van der Waals surface area contributed by atoms with E-state index in [4.69, 9.17) is 15.0 Å². The van der Waals surface area contributed by atoms with Crippen LogP contribution < -0.4 is 63.1 Å². The van der Waals surface area contributed by atoms with Gasteiger partial charge in [0.05, 0.1) is 93.1 Å². The Bertz CT molecular complexity index is 6470. The Hall–Kier alpha value is -13.0. The maximum atomic E-state index is 13.0. The molecule has 1 saturated carbocycles. The maximum Gasteiger partial charge on any atom is 0.258 e. The van der Waals surface area contributed by atoms with Crippen LogP contribution in [0.3, 0.4) is 0 Å². The van der Waals surface area contributed by atoms with Crippen molar-refractivity contribution >= 4 is 67.9 Å². The summed E-state index contributed by atoms with van der Waals surface area (Å²) in [6.07, 6.45) is 18.6. The molecular formula is C87H96N28O4. The van der Waals surface area contributed by atoms with Gasteiger partial charge in [0.2, 0.25) is 0 Å². The molecule has 0 amide bonds. The molecule has 16 aromatic heterocycles. The maximum absolute atomic E-state index is 13.0. The first kappa shape index (κ1) is 77.2. The Labute approximate surface area is 684 Å². The zero-order chi connectivity index (χ0) is 82.4. The number of imidazole rings is 4. The summed E-state index contributed by atoms with van der Waals surface area (Å²) >= 11 is 0. The number of fused-ring (bicyclic) bond motifs is 8. The molecule has 119 heavy (non-hydrogen) atoms. The van der Waals surface area contributed by atoms with Crippen LogP contribution in [0.4, 0.5) is 22.7 Å². The van der Waals surface area contributed by atoms with Gasteiger partial charge in [0.15, 0.2) is 22.6 Å². The quantitative estimate of drug-likeness (QED) is 0.106. The van der Waals surface area contributed by atoms with Crippen molar-refractivity contribution in [2.45, 2.75) is 132 Å². The third kappa shape index (κ3) is 15.8. The van der Waals surface area contributed by atoms with Gasteiger partial charge in [-0.1, -0.05) is 6.92 Å². The highest BCUT2D eigenvalue weighted by atomic mass is 16.1. The van der Waals surface area contributed by atoms with Gasteiger partial charge >= 0.3 is 0 Å². The van der Waals surface area contributed by atoms with E-state index in [0.29, 0.717) is 86.3 Å². The first-order chi connectivity index (χ1) is 57.3. The zero-order valence-electron chi connectivity index (χ0n) is 68.9. The number of anilines is 4. The average molecular weight is 1600 g/mol. The smallest absolute Gasteiger partial charge is 0.258 e. The van der Waals surface area contributed by atoms with Crippen molar-refractivity contribution in [2.75, 3.05) is 91.6 Å². The van der Waals surface area contributed by atoms with Crippen LogP contribution in [0.15, 0.2) is 172 Å². The van der Waals surface area contributed by atoms with Gasteiger partial charge in [-0.15, -0.1) is 0 Å². The molecule has 0 radical (unpaired) electrons. The van der Waals surface area contributed by atoms with Crippen molar-refractivity contribution < 1.29 is 0 Å². The van der Waals surface area contributed by atoms with Gasteiger partial charge < -0.3 is 40.9 Å². The summed E-state index contributed by atoms with van der Waals surface area (Å²) in [5, 5.41) is 32.5. The minimum Gasteiger partial charge on any atom is -0.368 e. The SMILES string of the molecule is CC[C@@H]1CN(c2ccc3nc(-c4ccc5nc(C)cn5n4)cc(=O)n3c2)CCN1.Cc1cn2nc(-c3cc(=O)n4cc(N5CCNC(C)(C)C5)cc(C)c4n3)ccc2n1.Cc1cn2nc(-c3cc(=O)n4cc(N5CCNC6(CC6)C5)cc(C)c4n3)ccc2n1.Cc1cn2nc(-c3cc(=O)n4cc(N5C[C@H](C)N[C@@H](C)C5)cc(C)c4n3)ccc2n1. The van der Waals surface area contributed by atoms with Crippen molar-refractivity contribution in [1.29, 1.82) is 0 Å². The van der Waals surface area contributed by atoms with Crippen LogP contribution in [0.5, 0.6) is 0 Å². The van der Waals surface area contributed by atoms with E-state index in [1.807, 2.05) is 159 Å². The molecule has 5 aliphatic rings. The summed E-state index contributed by atoms with van der Waals surface area (Å²) in [6, 6.07) is 32.8. The molecule has 608 valence electrons. The second-order valence-electron chi connectivity index (χ2n) is 33.1. The summed E-state index contributed by atoms with van der Waals surface area (Å²) in [5.41, 5.74) is 21.1. The third-order valence-corrected chi connectivity index (χ3v) is 22.8. The Morgan fingerprint density at radius 1 is 0.370 bits per heavy atom. The molecule has 4 N–H and O–H groups in total. The van der Waals surface area contributed by atoms with Crippen molar-refractivity contribution in [3.8, 4) is 45.6 Å².